The minimum atomic E-state index is 0.410. The number of piperazine rings is 1. The second-order valence-electron chi connectivity index (χ2n) is 6.14. The second kappa shape index (κ2) is 5.14. The molecule has 0 bridgehead atoms. The summed E-state index contributed by atoms with van der Waals surface area (Å²) < 4.78 is 0. The molecule has 19 heavy (non-hydrogen) atoms. The topological polar surface area (TPSA) is 26.7 Å². The number of hydrogen-bond donors (Lipinski definition) is 1. The largest absolute Gasteiger partial charge is 0.508 e. The zero-order valence-corrected chi connectivity index (χ0v) is 12.0. The molecule has 1 N–H and O–H groups in total. The highest BCUT2D eigenvalue weighted by molar-refractivity contribution is 5.38. The first-order chi connectivity index (χ1) is 9.15. The van der Waals surface area contributed by atoms with E-state index >= 15 is 0 Å². The molecule has 1 saturated heterocycles. The molecular weight excluding hydrogens is 236 g/mol. The summed E-state index contributed by atoms with van der Waals surface area (Å²) in [5.41, 5.74) is 2.79. The fraction of sp³-hybridized carbons (Fsp3) is 0.625. The van der Waals surface area contributed by atoms with E-state index in [0.29, 0.717) is 17.8 Å². The van der Waals surface area contributed by atoms with Gasteiger partial charge in [0.05, 0.1) is 0 Å². The molecule has 1 aromatic carbocycles. The first kappa shape index (κ1) is 12.9. The van der Waals surface area contributed by atoms with Gasteiger partial charge in [-0.1, -0.05) is 6.07 Å². The average molecular weight is 260 g/mol. The van der Waals surface area contributed by atoms with E-state index in [-0.39, 0.29) is 0 Å². The number of aryl methyl sites for hydroxylation is 1. The number of fused-ring (bicyclic) bond motifs is 1. The Bertz CT molecular complexity index is 460. The quantitative estimate of drug-likeness (QED) is 0.840. The van der Waals surface area contributed by atoms with Gasteiger partial charge in [-0.3, -0.25) is 4.90 Å². The van der Waals surface area contributed by atoms with Gasteiger partial charge in [-0.2, -0.15) is 0 Å². The minimum absolute atomic E-state index is 0.410. The molecular formula is C16H24N2O. The van der Waals surface area contributed by atoms with Gasteiger partial charge in [-0.05, 0) is 56.5 Å². The summed E-state index contributed by atoms with van der Waals surface area (Å²) in [5.74, 6) is 0.410. The molecule has 2 atom stereocenters. The molecule has 1 aliphatic heterocycles. The number of rotatable bonds is 1. The molecule has 0 radical (unpaired) electrons. The normalized spacial score (nSPS) is 29.2. The van der Waals surface area contributed by atoms with E-state index in [0.717, 1.165) is 26.1 Å². The molecule has 104 valence electrons. The standard InChI is InChI=1S/C16H24N2O/c1-12-11-17(2)8-9-18(12)16-5-3-4-13-6-7-14(19)10-15(13)16/h6-7,10,12,16,19H,3-5,8-9,11H2,1-2H3. The van der Waals surface area contributed by atoms with Gasteiger partial charge in [0.25, 0.3) is 0 Å². The maximum atomic E-state index is 9.79. The van der Waals surface area contributed by atoms with Gasteiger partial charge >= 0.3 is 0 Å². The van der Waals surface area contributed by atoms with Crippen LogP contribution < -0.4 is 0 Å². The van der Waals surface area contributed by atoms with Gasteiger partial charge in [0, 0.05) is 31.7 Å². The smallest absolute Gasteiger partial charge is 0.115 e. The molecule has 1 aliphatic carbocycles. The highest BCUT2D eigenvalue weighted by Gasteiger charge is 2.31. The third-order valence-corrected chi connectivity index (χ3v) is 4.69. The highest BCUT2D eigenvalue weighted by atomic mass is 16.3. The van der Waals surface area contributed by atoms with Crippen molar-refractivity contribution in [3.8, 4) is 5.75 Å². The molecule has 2 unspecified atom stereocenters. The average Bonchev–Trinajstić information content (AvgIpc) is 2.38. The van der Waals surface area contributed by atoms with Crippen LogP contribution in [0.4, 0.5) is 0 Å². The van der Waals surface area contributed by atoms with Gasteiger partial charge in [0.15, 0.2) is 0 Å². The van der Waals surface area contributed by atoms with Gasteiger partial charge < -0.3 is 10.0 Å². The summed E-state index contributed by atoms with van der Waals surface area (Å²) in [6, 6.07) is 7.02. The lowest BCUT2D eigenvalue weighted by Gasteiger charge is -2.44. The van der Waals surface area contributed by atoms with Crippen molar-refractivity contribution in [2.24, 2.45) is 0 Å². The van der Waals surface area contributed by atoms with Crippen LogP contribution in [0.2, 0.25) is 0 Å². The van der Waals surface area contributed by atoms with Crippen molar-refractivity contribution in [3.63, 3.8) is 0 Å². The molecule has 3 nitrogen and oxygen atoms in total. The van der Waals surface area contributed by atoms with E-state index < -0.39 is 0 Å². The maximum absolute atomic E-state index is 9.79. The first-order valence-corrected chi connectivity index (χ1v) is 7.41. The monoisotopic (exact) mass is 260 g/mol. The van der Waals surface area contributed by atoms with Crippen molar-refractivity contribution in [2.75, 3.05) is 26.7 Å². The number of hydrogen-bond acceptors (Lipinski definition) is 3. The van der Waals surface area contributed by atoms with Crippen LogP contribution >= 0.6 is 0 Å². The first-order valence-electron chi connectivity index (χ1n) is 7.41. The van der Waals surface area contributed by atoms with Gasteiger partial charge in [-0.25, -0.2) is 0 Å². The van der Waals surface area contributed by atoms with Crippen LogP contribution in [0.25, 0.3) is 0 Å². The van der Waals surface area contributed by atoms with Crippen LogP contribution in [-0.4, -0.2) is 47.6 Å². The SMILES string of the molecule is CC1CN(C)CCN1C1CCCc2ccc(O)cc21. The van der Waals surface area contributed by atoms with Gasteiger partial charge in [0.1, 0.15) is 5.75 Å². The Hall–Kier alpha value is -1.06. The number of phenolic OH excluding ortho intramolecular Hbond substituents is 1. The zero-order chi connectivity index (χ0) is 13.4. The van der Waals surface area contributed by atoms with Crippen LogP contribution in [0.1, 0.15) is 36.9 Å². The minimum Gasteiger partial charge on any atom is -0.508 e. The molecule has 0 aromatic heterocycles. The van der Waals surface area contributed by atoms with E-state index in [1.807, 2.05) is 12.1 Å². The Kier molecular flexibility index (Phi) is 3.50. The molecule has 0 amide bonds. The van der Waals surface area contributed by atoms with Crippen molar-refractivity contribution < 1.29 is 5.11 Å². The van der Waals surface area contributed by atoms with Crippen molar-refractivity contribution in [1.82, 2.24) is 9.80 Å². The number of phenols is 1. The van der Waals surface area contributed by atoms with Crippen LogP contribution in [0.5, 0.6) is 5.75 Å². The predicted molar refractivity (Wildman–Crippen MR) is 77.5 cm³/mol. The fourth-order valence-electron chi connectivity index (χ4n) is 3.72. The summed E-state index contributed by atoms with van der Waals surface area (Å²) in [7, 11) is 2.20. The summed E-state index contributed by atoms with van der Waals surface area (Å²) in [6.45, 7) is 5.75. The molecule has 1 heterocycles. The van der Waals surface area contributed by atoms with Crippen molar-refractivity contribution in [3.05, 3.63) is 29.3 Å². The molecule has 0 spiro atoms. The maximum Gasteiger partial charge on any atom is 0.115 e. The van der Waals surface area contributed by atoms with E-state index in [1.54, 1.807) is 0 Å². The molecule has 0 saturated carbocycles. The Balaban J connectivity index is 1.88. The lowest BCUT2D eigenvalue weighted by molar-refractivity contribution is 0.0534. The zero-order valence-electron chi connectivity index (χ0n) is 12.0. The summed E-state index contributed by atoms with van der Waals surface area (Å²) >= 11 is 0. The third-order valence-electron chi connectivity index (χ3n) is 4.69. The molecule has 2 aliphatic rings. The molecule has 3 heteroatoms. The summed E-state index contributed by atoms with van der Waals surface area (Å²) in [6.07, 6.45) is 3.65. The Morgan fingerprint density at radius 1 is 1.26 bits per heavy atom. The number of benzene rings is 1. The Morgan fingerprint density at radius 3 is 2.89 bits per heavy atom. The lowest BCUT2D eigenvalue weighted by Crippen LogP contribution is -2.52. The van der Waals surface area contributed by atoms with Gasteiger partial charge in [-0.15, -0.1) is 0 Å². The third kappa shape index (κ3) is 2.49. The van der Waals surface area contributed by atoms with Crippen molar-refractivity contribution in [2.45, 2.75) is 38.3 Å². The van der Waals surface area contributed by atoms with Crippen LogP contribution in [0.3, 0.4) is 0 Å². The number of likely N-dealkylation sites (N-methyl/N-ethyl adjacent to an activating group) is 1. The lowest BCUT2D eigenvalue weighted by atomic mass is 9.85. The Morgan fingerprint density at radius 2 is 2.11 bits per heavy atom. The van der Waals surface area contributed by atoms with Gasteiger partial charge in [0.2, 0.25) is 0 Å². The summed E-state index contributed by atoms with van der Waals surface area (Å²) in [5, 5.41) is 9.79. The Labute approximate surface area is 115 Å². The van der Waals surface area contributed by atoms with Crippen molar-refractivity contribution >= 4 is 0 Å². The van der Waals surface area contributed by atoms with Crippen molar-refractivity contribution in [1.29, 1.82) is 0 Å². The van der Waals surface area contributed by atoms with Crippen LogP contribution in [0, 0.1) is 0 Å². The summed E-state index contributed by atoms with van der Waals surface area (Å²) in [4.78, 5) is 5.05. The van der Waals surface area contributed by atoms with E-state index in [1.165, 1.54) is 24.0 Å². The van der Waals surface area contributed by atoms with E-state index in [2.05, 4.69) is 29.8 Å². The van der Waals surface area contributed by atoms with Crippen LogP contribution in [0.15, 0.2) is 18.2 Å². The van der Waals surface area contributed by atoms with E-state index in [4.69, 9.17) is 0 Å². The molecule has 3 rings (SSSR count). The predicted octanol–water partition coefficient (Wildman–Crippen LogP) is 2.41. The molecule has 1 fully saturated rings. The molecule has 1 aromatic rings. The number of aromatic hydroxyl groups is 1. The highest BCUT2D eigenvalue weighted by Crippen LogP contribution is 2.37. The second-order valence-corrected chi connectivity index (χ2v) is 6.14. The van der Waals surface area contributed by atoms with Crippen LogP contribution in [-0.2, 0) is 6.42 Å². The van der Waals surface area contributed by atoms with E-state index in [9.17, 15) is 5.11 Å². The fourth-order valence-corrected chi connectivity index (χ4v) is 3.72. The number of nitrogens with zero attached hydrogens (tertiary/aromatic N) is 2.